The van der Waals surface area contributed by atoms with E-state index < -0.39 is 0 Å². The zero-order valence-electron chi connectivity index (χ0n) is 8.38. The molecule has 3 heteroatoms. The van der Waals surface area contributed by atoms with Crippen LogP contribution in [0.25, 0.3) is 0 Å². The first-order chi connectivity index (χ1) is 6.33. The molecule has 0 amide bonds. The van der Waals surface area contributed by atoms with E-state index >= 15 is 0 Å². The van der Waals surface area contributed by atoms with Gasteiger partial charge in [-0.3, -0.25) is 0 Å². The summed E-state index contributed by atoms with van der Waals surface area (Å²) in [6.45, 7) is 7.65. The van der Waals surface area contributed by atoms with Crippen molar-refractivity contribution in [2.24, 2.45) is 0 Å². The average molecular weight is 179 g/mol. The van der Waals surface area contributed by atoms with Gasteiger partial charge in [0.15, 0.2) is 0 Å². The molecular formula is C10H17N3. The van der Waals surface area contributed by atoms with Gasteiger partial charge < -0.3 is 9.88 Å². The third-order valence-electron chi connectivity index (χ3n) is 2.68. The van der Waals surface area contributed by atoms with E-state index in [2.05, 4.69) is 28.7 Å². The molecule has 1 aromatic rings. The molecule has 0 spiro atoms. The number of hydrogen-bond donors (Lipinski definition) is 1. The molecule has 1 aliphatic rings. The Labute approximate surface area is 79.2 Å². The number of hydrogen-bond acceptors (Lipinski definition) is 2. The van der Waals surface area contributed by atoms with Crippen LogP contribution in [0.4, 0.5) is 0 Å². The second-order valence-corrected chi connectivity index (χ2v) is 3.76. The molecule has 1 saturated heterocycles. The normalized spacial score (nSPS) is 17.4. The monoisotopic (exact) mass is 179 g/mol. The average Bonchev–Trinajstić information content (AvgIpc) is 2.33. The van der Waals surface area contributed by atoms with E-state index in [9.17, 15) is 0 Å². The van der Waals surface area contributed by atoms with Crippen molar-refractivity contribution < 1.29 is 0 Å². The van der Waals surface area contributed by atoms with Crippen molar-refractivity contribution in [2.45, 2.75) is 32.7 Å². The summed E-state index contributed by atoms with van der Waals surface area (Å²) >= 11 is 0. The zero-order valence-corrected chi connectivity index (χ0v) is 8.38. The van der Waals surface area contributed by atoms with E-state index in [-0.39, 0.29) is 0 Å². The zero-order chi connectivity index (χ0) is 9.26. The first kappa shape index (κ1) is 8.75. The molecule has 0 unspecified atom stereocenters. The fourth-order valence-electron chi connectivity index (χ4n) is 1.79. The third-order valence-corrected chi connectivity index (χ3v) is 2.68. The molecule has 1 aliphatic heterocycles. The van der Waals surface area contributed by atoms with Gasteiger partial charge in [0, 0.05) is 37.4 Å². The van der Waals surface area contributed by atoms with Crippen LogP contribution in [-0.2, 0) is 6.54 Å². The van der Waals surface area contributed by atoms with Crippen molar-refractivity contribution in [1.29, 1.82) is 0 Å². The summed E-state index contributed by atoms with van der Waals surface area (Å²) in [5, 5.41) is 3.28. The summed E-state index contributed by atoms with van der Waals surface area (Å²) < 4.78 is 2.35. The number of aromatic nitrogens is 2. The SMILES string of the molecule is CCCn1c(C)cnc1C1CNC1. The minimum absolute atomic E-state index is 0.653. The van der Waals surface area contributed by atoms with Crippen LogP contribution in [0.15, 0.2) is 6.20 Å². The first-order valence-corrected chi connectivity index (χ1v) is 5.05. The lowest BCUT2D eigenvalue weighted by Crippen LogP contribution is -2.41. The van der Waals surface area contributed by atoms with Crippen LogP contribution >= 0.6 is 0 Å². The number of imidazole rings is 1. The van der Waals surface area contributed by atoms with Crippen LogP contribution in [0.5, 0.6) is 0 Å². The van der Waals surface area contributed by atoms with Gasteiger partial charge in [0.2, 0.25) is 0 Å². The van der Waals surface area contributed by atoms with Crippen molar-refractivity contribution in [3.05, 3.63) is 17.7 Å². The lowest BCUT2D eigenvalue weighted by atomic mass is 10.0. The lowest BCUT2D eigenvalue weighted by Gasteiger charge is -2.27. The molecule has 0 aliphatic carbocycles. The highest BCUT2D eigenvalue weighted by Gasteiger charge is 2.23. The summed E-state index contributed by atoms with van der Waals surface area (Å²) in [5.74, 6) is 1.93. The Kier molecular flexibility index (Phi) is 2.36. The van der Waals surface area contributed by atoms with Crippen LogP contribution in [0.2, 0.25) is 0 Å². The molecule has 0 atom stereocenters. The van der Waals surface area contributed by atoms with Crippen molar-refractivity contribution in [3.8, 4) is 0 Å². The Balaban J connectivity index is 2.22. The quantitative estimate of drug-likeness (QED) is 0.757. The predicted molar refractivity (Wildman–Crippen MR) is 52.9 cm³/mol. The topological polar surface area (TPSA) is 29.9 Å². The van der Waals surface area contributed by atoms with Gasteiger partial charge in [0.05, 0.1) is 0 Å². The van der Waals surface area contributed by atoms with Crippen molar-refractivity contribution in [1.82, 2.24) is 14.9 Å². The minimum Gasteiger partial charge on any atom is -0.332 e. The maximum Gasteiger partial charge on any atom is 0.114 e. The molecule has 2 heterocycles. The summed E-state index contributed by atoms with van der Waals surface area (Å²) in [6.07, 6.45) is 3.17. The van der Waals surface area contributed by atoms with E-state index in [0.717, 1.165) is 19.6 Å². The minimum atomic E-state index is 0.653. The fourth-order valence-corrected chi connectivity index (χ4v) is 1.79. The highest BCUT2D eigenvalue weighted by atomic mass is 15.1. The van der Waals surface area contributed by atoms with Crippen molar-refractivity contribution in [3.63, 3.8) is 0 Å². The molecule has 2 rings (SSSR count). The Morgan fingerprint density at radius 3 is 2.92 bits per heavy atom. The highest BCUT2D eigenvalue weighted by Crippen LogP contribution is 2.19. The Hall–Kier alpha value is -0.830. The first-order valence-electron chi connectivity index (χ1n) is 5.05. The maximum absolute atomic E-state index is 4.48. The Morgan fingerprint density at radius 1 is 1.62 bits per heavy atom. The third kappa shape index (κ3) is 1.48. The summed E-state index contributed by atoms with van der Waals surface area (Å²) in [5.41, 5.74) is 1.30. The van der Waals surface area contributed by atoms with E-state index in [4.69, 9.17) is 0 Å². The van der Waals surface area contributed by atoms with Gasteiger partial charge in [-0.05, 0) is 13.3 Å². The molecule has 3 nitrogen and oxygen atoms in total. The Bertz CT molecular complexity index is 286. The van der Waals surface area contributed by atoms with Gasteiger partial charge in [-0.25, -0.2) is 4.98 Å². The van der Waals surface area contributed by atoms with Gasteiger partial charge in [0.25, 0.3) is 0 Å². The van der Waals surface area contributed by atoms with Crippen LogP contribution in [0.3, 0.4) is 0 Å². The fraction of sp³-hybridized carbons (Fsp3) is 0.700. The standard InChI is InChI=1S/C10H17N3/c1-3-4-13-8(2)5-12-10(13)9-6-11-7-9/h5,9,11H,3-4,6-7H2,1-2H3. The Morgan fingerprint density at radius 2 is 2.38 bits per heavy atom. The molecule has 1 fully saturated rings. The molecule has 13 heavy (non-hydrogen) atoms. The summed E-state index contributed by atoms with van der Waals surface area (Å²) in [7, 11) is 0. The molecule has 0 saturated carbocycles. The van der Waals surface area contributed by atoms with Gasteiger partial charge in [-0.2, -0.15) is 0 Å². The molecule has 72 valence electrons. The van der Waals surface area contributed by atoms with Crippen molar-refractivity contribution in [2.75, 3.05) is 13.1 Å². The van der Waals surface area contributed by atoms with Gasteiger partial charge in [-0.15, -0.1) is 0 Å². The van der Waals surface area contributed by atoms with Crippen LogP contribution < -0.4 is 5.32 Å². The van der Waals surface area contributed by atoms with Crippen molar-refractivity contribution >= 4 is 0 Å². The summed E-state index contributed by atoms with van der Waals surface area (Å²) in [4.78, 5) is 4.48. The molecular weight excluding hydrogens is 162 g/mol. The van der Waals surface area contributed by atoms with E-state index in [1.165, 1.54) is 17.9 Å². The van der Waals surface area contributed by atoms with Crippen LogP contribution in [-0.4, -0.2) is 22.6 Å². The number of nitrogens with one attached hydrogen (secondary N) is 1. The second kappa shape index (κ2) is 3.50. The maximum atomic E-state index is 4.48. The number of nitrogens with zero attached hydrogens (tertiary/aromatic N) is 2. The molecule has 0 radical (unpaired) electrons. The largest absolute Gasteiger partial charge is 0.332 e. The molecule has 1 aromatic heterocycles. The van der Waals surface area contributed by atoms with E-state index in [0.29, 0.717) is 5.92 Å². The second-order valence-electron chi connectivity index (χ2n) is 3.76. The number of aryl methyl sites for hydroxylation is 1. The summed E-state index contributed by atoms with van der Waals surface area (Å²) in [6, 6.07) is 0. The number of rotatable bonds is 3. The molecule has 1 N–H and O–H groups in total. The van der Waals surface area contributed by atoms with Gasteiger partial charge in [-0.1, -0.05) is 6.92 Å². The van der Waals surface area contributed by atoms with Crippen LogP contribution in [0.1, 0.15) is 30.8 Å². The highest BCUT2D eigenvalue weighted by molar-refractivity contribution is 5.11. The van der Waals surface area contributed by atoms with Crippen LogP contribution in [0, 0.1) is 6.92 Å². The molecule has 0 aromatic carbocycles. The van der Waals surface area contributed by atoms with E-state index in [1.807, 2.05) is 6.20 Å². The molecule has 0 bridgehead atoms. The lowest BCUT2D eigenvalue weighted by molar-refractivity contribution is 0.411. The van der Waals surface area contributed by atoms with Gasteiger partial charge in [0.1, 0.15) is 5.82 Å². The predicted octanol–water partition coefficient (Wildman–Crippen LogP) is 1.29. The van der Waals surface area contributed by atoms with E-state index in [1.54, 1.807) is 0 Å². The van der Waals surface area contributed by atoms with Gasteiger partial charge >= 0.3 is 0 Å². The smallest absolute Gasteiger partial charge is 0.114 e.